The topological polar surface area (TPSA) is 32.3 Å². The Hall–Kier alpha value is -0.870. The predicted molar refractivity (Wildman–Crippen MR) is 66.7 cm³/mol. The van der Waals surface area contributed by atoms with E-state index in [2.05, 4.69) is 5.32 Å². The minimum atomic E-state index is 0.245. The van der Waals surface area contributed by atoms with Crippen LogP contribution >= 0.6 is 11.3 Å². The van der Waals surface area contributed by atoms with Crippen molar-refractivity contribution in [2.24, 2.45) is 0 Å². The van der Waals surface area contributed by atoms with Gasteiger partial charge in [0, 0.05) is 18.0 Å². The Kier molecular flexibility index (Phi) is 3.96. The normalized spacial score (nSPS) is 17.3. The molecule has 0 unspecified atom stereocenters. The number of hydrogen-bond acceptors (Lipinski definition) is 3. The number of nitrogens with one attached hydrogen (secondary N) is 1. The Bertz CT molecular complexity index is 331. The van der Waals surface area contributed by atoms with Crippen LogP contribution in [0.2, 0.25) is 0 Å². The zero-order chi connectivity index (χ0) is 11.4. The van der Waals surface area contributed by atoms with Gasteiger partial charge >= 0.3 is 0 Å². The van der Waals surface area contributed by atoms with Crippen LogP contribution in [0.1, 0.15) is 17.7 Å². The molecule has 0 aromatic carbocycles. The predicted octanol–water partition coefficient (Wildman–Crippen LogP) is 1.50. The van der Waals surface area contributed by atoms with Crippen LogP contribution in [0.15, 0.2) is 17.5 Å². The number of thiophene rings is 1. The summed E-state index contributed by atoms with van der Waals surface area (Å²) < 4.78 is 0. The number of nitrogens with zero attached hydrogens (tertiary/aromatic N) is 1. The molecule has 0 aliphatic carbocycles. The summed E-state index contributed by atoms with van der Waals surface area (Å²) in [5.74, 6) is 0.245. The van der Waals surface area contributed by atoms with Crippen molar-refractivity contribution in [2.75, 3.05) is 20.1 Å². The Labute approximate surface area is 100 Å². The third-order valence-corrected chi connectivity index (χ3v) is 4.03. The lowest BCUT2D eigenvalue weighted by molar-refractivity contribution is -0.131. The minimum absolute atomic E-state index is 0.245. The van der Waals surface area contributed by atoms with E-state index in [0.29, 0.717) is 12.5 Å². The third kappa shape index (κ3) is 2.83. The summed E-state index contributed by atoms with van der Waals surface area (Å²) in [5, 5.41) is 5.34. The van der Waals surface area contributed by atoms with Gasteiger partial charge in [-0.1, -0.05) is 6.07 Å². The number of piperidine rings is 1. The molecule has 4 heteroatoms. The summed E-state index contributed by atoms with van der Waals surface area (Å²) in [4.78, 5) is 15.1. The summed E-state index contributed by atoms with van der Waals surface area (Å²) in [6, 6.07) is 4.45. The van der Waals surface area contributed by atoms with Crippen LogP contribution in [0.4, 0.5) is 0 Å². The van der Waals surface area contributed by atoms with Gasteiger partial charge in [0.15, 0.2) is 0 Å². The van der Waals surface area contributed by atoms with Gasteiger partial charge in [0.2, 0.25) is 5.91 Å². The van der Waals surface area contributed by atoms with Crippen LogP contribution in [0.25, 0.3) is 0 Å². The number of rotatable bonds is 3. The molecule has 1 aromatic heterocycles. The fourth-order valence-electron chi connectivity index (χ4n) is 2.08. The first-order valence-corrected chi connectivity index (χ1v) is 6.64. The number of hydrogen-bond donors (Lipinski definition) is 1. The molecule has 2 rings (SSSR count). The maximum atomic E-state index is 12.0. The lowest BCUT2D eigenvalue weighted by atomic mass is 10.1. The molecule has 1 aromatic rings. The maximum absolute atomic E-state index is 12.0. The second kappa shape index (κ2) is 5.46. The highest BCUT2D eigenvalue weighted by molar-refractivity contribution is 7.10. The average Bonchev–Trinajstić information content (AvgIpc) is 2.82. The second-order valence-corrected chi connectivity index (χ2v) is 5.27. The molecule has 3 nitrogen and oxygen atoms in total. The molecule has 1 N–H and O–H groups in total. The van der Waals surface area contributed by atoms with Gasteiger partial charge in [0.25, 0.3) is 0 Å². The first kappa shape index (κ1) is 11.6. The molecule has 0 bridgehead atoms. The number of carbonyl (C=O) groups is 1. The molecule has 0 saturated carbocycles. The van der Waals surface area contributed by atoms with Gasteiger partial charge in [-0.15, -0.1) is 11.3 Å². The summed E-state index contributed by atoms with van der Waals surface area (Å²) in [6.45, 7) is 2.06. The van der Waals surface area contributed by atoms with Crippen molar-refractivity contribution in [1.29, 1.82) is 0 Å². The van der Waals surface area contributed by atoms with Gasteiger partial charge in [-0.2, -0.15) is 0 Å². The molecule has 1 aliphatic rings. The molecule has 1 amide bonds. The highest BCUT2D eigenvalue weighted by Crippen LogP contribution is 2.14. The zero-order valence-electron chi connectivity index (χ0n) is 9.61. The fourth-order valence-corrected chi connectivity index (χ4v) is 2.78. The quantitative estimate of drug-likeness (QED) is 0.865. The van der Waals surface area contributed by atoms with Crippen molar-refractivity contribution in [2.45, 2.75) is 25.3 Å². The number of carbonyl (C=O) groups excluding carboxylic acids is 1. The zero-order valence-corrected chi connectivity index (χ0v) is 10.4. The summed E-state index contributed by atoms with van der Waals surface area (Å²) in [5.41, 5.74) is 0. The third-order valence-electron chi connectivity index (χ3n) is 3.16. The standard InChI is InChI=1S/C12H18N2OS/c1-14(10-4-6-13-7-5-10)12(15)9-11-3-2-8-16-11/h2-3,8,10,13H,4-7,9H2,1H3. The molecular weight excluding hydrogens is 220 g/mol. The van der Waals surface area contributed by atoms with Gasteiger partial charge in [-0.3, -0.25) is 4.79 Å². The molecular formula is C12H18N2OS. The summed E-state index contributed by atoms with van der Waals surface area (Å²) >= 11 is 1.66. The van der Waals surface area contributed by atoms with Crippen LogP contribution in [0.5, 0.6) is 0 Å². The van der Waals surface area contributed by atoms with Crippen molar-refractivity contribution < 1.29 is 4.79 Å². The van der Waals surface area contributed by atoms with E-state index in [1.807, 2.05) is 29.5 Å². The Morgan fingerprint density at radius 2 is 2.31 bits per heavy atom. The Balaban J connectivity index is 1.88. The van der Waals surface area contributed by atoms with Gasteiger partial charge in [0.05, 0.1) is 6.42 Å². The number of amides is 1. The van der Waals surface area contributed by atoms with Crippen LogP contribution < -0.4 is 5.32 Å². The van der Waals surface area contributed by atoms with E-state index in [1.165, 1.54) is 0 Å². The van der Waals surface area contributed by atoms with E-state index in [-0.39, 0.29) is 5.91 Å². The smallest absolute Gasteiger partial charge is 0.227 e. The van der Waals surface area contributed by atoms with Gasteiger partial charge in [-0.25, -0.2) is 0 Å². The molecule has 1 saturated heterocycles. The van der Waals surface area contributed by atoms with E-state index in [4.69, 9.17) is 0 Å². The first-order chi connectivity index (χ1) is 7.77. The summed E-state index contributed by atoms with van der Waals surface area (Å²) in [7, 11) is 1.94. The minimum Gasteiger partial charge on any atom is -0.342 e. The van der Waals surface area contributed by atoms with Crippen LogP contribution in [0, 0.1) is 0 Å². The lowest BCUT2D eigenvalue weighted by Gasteiger charge is -2.31. The van der Waals surface area contributed by atoms with E-state index in [0.717, 1.165) is 30.8 Å². The molecule has 1 fully saturated rings. The summed E-state index contributed by atoms with van der Waals surface area (Å²) in [6.07, 6.45) is 2.71. The van der Waals surface area contributed by atoms with E-state index in [1.54, 1.807) is 11.3 Å². The molecule has 1 aliphatic heterocycles. The molecule has 0 atom stereocenters. The maximum Gasteiger partial charge on any atom is 0.227 e. The SMILES string of the molecule is CN(C(=O)Cc1cccs1)C1CCNCC1. The lowest BCUT2D eigenvalue weighted by Crippen LogP contribution is -2.44. The van der Waals surface area contributed by atoms with Gasteiger partial charge in [-0.05, 0) is 37.4 Å². The van der Waals surface area contributed by atoms with Crippen molar-refractivity contribution >= 4 is 17.2 Å². The highest BCUT2D eigenvalue weighted by Gasteiger charge is 2.21. The highest BCUT2D eigenvalue weighted by atomic mass is 32.1. The first-order valence-electron chi connectivity index (χ1n) is 5.76. The van der Waals surface area contributed by atoms with Crippen molar-refractivity contribution in [3.05, 3.63) is 22.4 Å². The Morgan fingerprint density at radius 1 is 1.56 bits per heavy atom. The van der Waals surface area contributed by atoms with Crippen LogP contribution in [-0.2, 0) is 11.2 Å². The van der Waals surface area contributed by atoms with E-state index < -0.39 is 0 Å². The Morgan fingerprint density at radius 3 is 2.94 bits per heavy atom. The second-order valence-electron chi connectivity index (χ2n) is 4.24. The van der Waals surface area contributed by atoms with Crippen LogP contribution in [0.3, 0.4) is 0 Å². The molecule has 0 spiro atoms. The monoisotopic (exact) mass is 238 g/mol. The van der Waals surface area contributed by atoms with Crippen molar-refractivity contribution in [1.82, 2.24) is 10.2 Å². The van der Waals surface area contributed by atoms with Crippen molar-refractivity contribution in [3.63, 3.8) is 0 Å². The van der Waals surface area contributed by atoms with Gasteiger partial charge < -0.3 is 10.2 Å². The average molecular weight is 238 g/mol. The fraction of sp³-hybridized carbons (Fsp3) is 0.583. The number of likely N-dealkylation sites (N-methyl/N-ethyl adjacent to an activating group) is 1. The molecule has 88 valence electrons. The van der Waals surface area contributed by atoms with Crippen molar-refractivity contribution in [3.8, 4) is 0 Å². The molecule has 16 heavy (non-hydrogen) atoms. The largest absolute Gasteiger partial charge is 0.342 e. The molecule has 0 radical (unpaired) electrons. The van der Waals surface area contributed by atoms with Crippen LogP contribution in [-0.4, -0.2) is 37.0 Å². The van der Waals surface area contributed by atoms with E-state index >= 15 is 0 Å². The van der Waals surface area contributed by atoms with E-state index in [9.17, 15) is 4.79 Å². The van der Waals surface area contributed by atoms with Gasteiger partial charge in [0.1, 0.15) is 0 Å². The molecule has 2 heterocycles.